The molecule has 1 saturated heterocycles. The largest absolute Gasteiger partial charge is 0.338 e. The van der Waals surface area contributed by atoms with Gasteiger partial charge in [0.15, 0.2) is 0 Å². The Morgan fingerprint density at radius 2 is 1.90 bits per heavy atom. The molecular weight excluding hydrogens is 373 g/mol. The molecule has 4 amide bonds. The van der Waals surface area contributed by atoms with Crippen LogP contribution in [0.1, 0.15) is 23.1 Å². The summed E-state index contributed by atoms with van der Waals surface area (Å²) in [5.41, 5.74) is 3.06. The van der Waals surface area contributed by atoms with Crippen LogP contribution in [0.4, 0.5) is 9.18 Å². The van der Waals surface area contributed by atoms with Gasteiger partial charge in [-0.25, -0.2) is 9.18 Å². The van der Waals surface area contributed by atoms with E-state index in [0.717, 1.165) is 16.9 Å². The molecular formula is C22H22FN3O3. The van der Waals surface area contributed by atoms with Crippen molar-refractivity contribution in [3.63, 3.8) is 0 Å². The zero-order valence-electron chi connectivity index (χ0n) is 15.9. The van der Waals surface area contributed by atoms with Crippen LogP contribution < -0.4 is 5.32 Å². The number of nitrogens with zero attached hydrogens (tertiary/aromatic N) is 2. The number of hydrogen-bond acceptors (Lipinski definition) is 3. The second-order valence-corrected chi connectivity index (χ2v) is 7.41. The van der Waals surface area contributed by atoms with E-state index in [4.69, 9.17) is 0 Å². The fourth-order valence-electron chi connectivity index (χ4n) is 3.87. The van der Waals surface area contributed by atoms with Gasteiger partial charge in [0.05, 0.1) is 6.42 Å². The summed E-state index contributed by atoms with van der Waals surface area (Å²) in [6.45, 7) is 1.27. The van der Waals surface area contributed by atoms with E-state index >= 15 is 0 Å². The molecule has 2 aliphatic heterocycles. The maximum atomic E-state index is 13.3. The Labute approximate surface area is 168 Å². The lowest BCUT2D eigenvalue weighted by molar-refractivity contribution is -0.136. The standard InChI is InChI=1S/C22H22FN3O3/c23-18-7-3-4-15(12-18)8-11-26-21(28)19(24-22(26)29)13-20(27)25-10-9-16-5-1-2-6-17(16)14-25/h1-7,12,19H,8-11,13-14H2,(H,24,29)/t19-/m0/s1. The number of carbonyl (C=O) groups is 3. The monoisotopic (exact) mass is 395 g/mol. The van der Waals surface area contributed by atoms with Crippen molar-refractivity contribution in [1.82, 2.24) is 15.1 Å². The first-order valence-electron chi connectivity index (χ1n) is 9.72. The van der Waals surface area contributed by atoms with Crippen LogP contribution in [-0.2, 0) is 29.0 Å². The van der Waals surface area contributed by atoms with Gasteiger partial charge in [0.25, 0.3) is 5.91 Å². The third-order valence-electron chi connectivity index (χ3n) is 5.48. The molecule has 2 heterocycles. The van der Waals surface area contributed by atoms with Crippen molar-refractivity contribution in [2.24, 2.45) is 0 Å². The third-order valence-corrected chi connectivity index (χ3v) is 5.48. The Bertz CT molecular complexity index is 962. The zero-order valence-corrected chi connectivity index (χ0v) is 15.9. The predicted octanol–water partition coefficient (Wildman–Crippen LogP) is 2.26. The molecule has 0 radical (unpaired) electrons. The molecule has 0 spiro atoms. The lowest BCUT2D eigenvalue weighted by atomic mass is 9.99. The molecule has 29 heavy (non-hydrogen) atoms. The van der Waals surface area contributed by atoms with Crippen molar-refractivity contribution >= 4 is 17.8 Å². The number of imide groups is 1. The number of amides is 4. The lowest BCUT2D eigenvalue weighted by Gasteiger charge is -2.29. The molecule has 7 heteroatoms. The predicted molar refractivity (Wildman–Crippen MR) is 104 cm³/mol. The highest BCUT2D eigenvalue weighted by Crippen LogP contribution is 2.20. The van der Waals surface area contributed by atoms with Gasteiger partial charge < -0.3 is 10.2 Å². The van der Waals surface area contributed by atoms with Gasteiger partial charge in [-0.15, -0.1) is 0 Å². The van der Waals surface area contributed by atoms with Crippen LogP contribution in [0.3, 0.4) is 0 Å². The molecule has 1 N–H and O–H groups in total. The van der Waals surface area contributed by atoms with Crippen LogP contribution in [0.2, 0.25) is 0 Å². The molecule has 2 aromatic rings. The highest BCUT2D eigenvalue weighted by molar-refractivity contribution is 6.05. The molecule has 1 atom stereocenters. The fourth-order valence-corrected chi connectivity index (χ4v) is 3.87. The SMILES string of the molecule is O=C(C[C@@H]1NC(=O)N(CCc2cccc(F)c2)C1=O)N1CCc2ccccc2C1. The number of nitrogens with one attached hydrogen (secondary N) is 1. The summed E-state index contributed by atoms with van der Waals surface area (Å²) in [5.74, 6) is -0.909. The van der Waals surface area contributed by atoms with Gasteiger partial charge >= 0.3 is 6.03 Å². The maximum Gasteiger partial charge on any atom is 0.324 e. The summed E-state index contributed by atoms with van der Waals surface area (Å²) >= 11 is 0. The number of halogens is 1. The molecule has 2 aromatic carbocycles. The third kappa shape index (κ3) is 4.13. The minimum atomic E-state index is -0.848. The van der Waals surface area contributed by atoms with Crippen LogP contribution in [0.25, 0.3) is 0 Å². The van der Waals surface area contributed by atoms with E-state index in [0.29, 0.717) is 25.1 Å². The Balaban J connectivity index is 1.34. The smallest absolute Gasteiger partial charge is 0.324 e. The van der Waals surface area contributed by atoms with Crippen molar-refractivity contribution in [2.45, 2.75) is 31.8 Å². The van der Waals surface area contributed by atoms with E-state index in [1.165, 1.54) is 17.7 Å². The Hall–Kier alpha value is -3.22. The lowest BCUT2D eigenvalue weighted by Crippen LogP contribution is -2.41. The highest BCUT2D eigenvalue weighted by atomic mass is 19.1. The average Bonchev–Trinajstić information content (AvgIpc) is 2.98. The quantitative estimate of drug-likeness (QED) is 0.790. The number of rotatable bonds is 5. The van der Waals surface area contributed by atoms with Gasteiger partial charge in [0, 0.05) is 19.6 Å². The molecule has 2 aliphatic rings. The van der Waals surface area contributed by atoms with Crippen molar-refractivity contribution in [3.8, 4) is 0 Å². The van der Waals surface area contributed by atoms with E-state index in [1.807, 2.05) is 18.2 Å². The number of benzene rings is 2. The molecule has 0 saturated carbocycles. The fraction of sp³-hybridized carbons (Fsp3) is 0.318. The van der Waals surface area contributed by atoms with Gasteiger partial charge in [0.1, 0.15) is 11.9 Å². The molecule has 4 rings (SSSR count). The second-order valence-electron chi connectivity index (χ2n) is 7.41. The summed E-state index contributed by atoms with van der Waals surface area (Å²) in [6.07, 6.45) is 1.09. The van der Waals surface area contributed by atoms with Crippen LogP contribution in [0.15, 0.2) is 48.5 Å². The van der Waals surface area contributed by atoms with Crippen LogP contribution >= 0.6 is 0 Å². The summed E-state index contributed by atoms with van der Waals surface area (Å²) in [4.78, 5) is 40.4. The summed E-state index contributed by atoms with van der Waals surface area (Å²) < 4.78 is 13.3. The minimum Gasteiger partial charge on any atom is -0.338 e. The van der Waals surface area contributed by atoms with E-state index < -0.39 is 18.0 Å². The first-order valence-corrected chi connectivity index (χ1v) is 9.72. The minimum absolute atomic E-state index is 0.0524. The van der Waals surface area contributed by atoms with Crippen LogP contribution in [0, 0.1) is 5.82 Å². The Morgan fingerprint density at radius 1 is 1.10 bits per heavy atom. The number of carbonyl (C=O) groups excluding carboxylic acids is 3. The average molecular weight is 395 g/mol. The molecule has 6 nitrogen and oxygen atoms in total. The Kier molecular flexibility index (Phi) is 5.29. The van der Waals surface area contributed by atoms with Gasteiger partial charge in [-0.1, -0.05) is 36.4 Å². The molecule has 0 aromatic heterocycles. The highest BCUT2D eigenvalue weighted by Gasteiger charge is 2.39. The summed E-state index contributed by atoms with van der Waals surface area (Å²) in [6, 6.07) is 12.7. The first kappa shape index (κ1) is 19.1. The van der Waals surface area contributed by atoms with Gasteiger partial charge in [-0.2, -0.15) is 0 Å². The normalized spacial score (nSPS) is 18.6. The molecule has 0 aliphatic carbocycles. The first-order chi connectivity index (χ1) is 14.0. The molecule has 1 fully saturated rings. The molecule has 0 unspecified atom stereocenters. The number of fused-ring (bicyclic) bond motifs is 1. The number of hydrogen-bond donors (Lipinski definition) is 1. The van der Waals surface area contributed by atoms with Crippen LogP contribution in [0.5, 0.6) is 0 Å². The van der Waals surface area contributed by atoms with Crippen molar-refractivity contribution in [1.29, 1.82) is 0 Å². The van der Waals surface area contributed by atoms with Gasteiger partial charge in [-0.05, 0) is 41.7 Å². The van der Waals surface area contributed by atoms with E-state index in [2.05, 4.69) is 11.4 Å². The van der Waals surface area contributed by atoms with Crippen molar-refractivity contribution in [2.75, 3.05) is 13.1 Å². The zero-order chi connectivity index (χ0) is 20.4. The van der Waals surface area contributed by atoms with E-state index in [-0.39, 0.29) is 24.7 Å². The number of urea groups is 1. The maximum absolute atomic E-state index is 13.3. The van der Waals surface area contributed by atoms with Gasteiger partial charge in [-0.3, -0.25) is 14.5 Å². The molecule has 0 bridgehead atoms. The Morgan fingerprint density at radius 3 is 2.69 bits per heavy atom. The topological polar surface area (TPSA) is 69.7 Å². The summed E-state index contributed by atoms with van der Waals surface area (Å²) in [5, 5.41) is 2.61. The van der Waals surface area contributed by atoms with Gasteiger partial charge in [0.2, 0.25) is 5.91 Å². The van der Waals surface area contributed by atoms with E-state index in [9.17, 15) is 18.8 Å². The molecule has 150 valence electrons. The van der Waals surface area contributed by atoms with E-state index in [1.54, 1.807) is 17.0 Å². The van der Waals surface area contributed by atoms with Crippen LogP contribution in [-0.4, -0.2) is 46.8 Å². The second kappa shape index (κ2) is 8.03. The van der Waals surface area contributed by atoms with Crippen molar-refractivity contribution in [3.05, 3.63) is 71.0 Å². The van der Waals surface area contributed by atoms with Crippen molar-refractivity contribution < 1.29 is 18.8 Å². The summed E-state index contributed by atoms with van der Waals surface area (Å²) in [7, 11) is 0.